The molecule has 0 amide bonds. The molecule has 2 aliphatic heterocycles. The van der Waals surface area contributed by atoms with Crippen LogP contribution in [0.15, 0.2) is 18.5 Å². The SMILES string of the molecule is Cc1cc(NC2CCN(c3cc4c(nn3)CCOC4)CC2)ncn1. The fourth-order valence-electron chi connectivity index (χ4n) is 3.28. The largest absolute Gasteiger partial charge is 0.376 e. The summed E-state index contributed by atoms with van der Waals surface area (Å²) in [5, 5.41) is 12.3. The molecule has 4 rings (SSSR count). The van der Waals surface area contributed by atoms with Crippen molar-refractivity contribution in [1.82, 2.24) is 20.2 Å². The first-order valence-electron chi connectivity index (χ1n) is 8.51. The van der Waals surface area contributed by atoms with Gasteiger partial charge in [0, 0.05) is 42.9 Å². The van der Waals surface area contributed by atoms with E-state index in [1.165, 1.54) is 5.56 Å². The van der Waals surface area contributed by atoms with Crippen molar-refractivity contribution >= 4 is 11.6 Å². The molecule has 0 bridgehead atoms. The average molecular weight is 326 g/mol. The molecule has 7 heteroatoms. The Morgan fingerprint density at radius 2 is 2.04 bits per heavy atom. The molecular formula is C17H22N6O. The molecule has 1 saturated heterocycles. The number of rotatable bonds is 3. The van der Waals surface area contributed by atoms with Crippen molar-refractivity contribution in [3.63, 3.8) is 0 Å². The lowest BCUT2D eigenvalue weighted by Gasteiger charge is -2.33. The fraction of sp³-hybridized carbons (Fsp3) is 0.529. The molecule has 0 unspecified atom stereocenters. The van der Waals surface area contributed by atoms with E-state index in [0.29, 0.717) is 12.6 Å². The van der Waals surface area contributed by atoms with E-state index in [4.69, 9.17) is 4.74 Å². The summed E-state index contributed by atoms with van der Waals surface area (Å²) in [7, 11) is 0. The van der Waals surface area contributed by atoms with Gasteiger partial charge in [-0.2, -0.15) is 5.10 Å². The second kappa shape index (κ2) is 6.68. The second-order valence-corrected chi connectivity index (χ2v) is 6.43. The third-order valence-corrected chi connectivity index (χ3v) is 4.66. The van der Waals surface area contributed by atoms with E-state index >= 15 is 0 Å². The molecule has 126 valence electrons. The predicted molar refractivity (Wildman–Crippen MR) is 91.0 cm³/mol. The van der Waals surface area contributed by atoms with E-state index in [9.17, 15) is 0 Å². The number of aryl methyl sites for hydroxylation is 1. The minimum atomic E-state index is 0.435. The molecule has 0 saturated carbocycles. The molecule has 2 aliphatic rings. The van der Waals surface area contributed by atoms with E-state index < -0.39 is 0 Å². The van der Waals surface area contributed by atoms with Crippen molar-refractivity contribution in [2.45, 2.75) is 38.8 Å². The van der Waals surface area contributed by atoms with Crippen molar-refractivity contribution < 1.29 is 4.74 Å². The third kappa shape index (κ3) is 3.31. The van der Waals surface area contributed by atoms with Crippen molar-refractivity contribution in [2.24, 2.45) is 0 Å². The maximum absolute atomic E-state index is 5.52. The number of piperidine rings is 1. The number of nitrogens with one attached hydrogen (secondary N) is 1. The van der Waals surface area contributed by atoms with Crippen molar-refractivity contribution in [3.8, 4) is 0 Å². The van der Waals surface area contributed by atoms with Crippen LogP contribution in [-0.4, -0.2) is 45.9 Å². The standard InChI is InChI=1S/C17H22N6O/c1-12-8-16(19-11-18-12)20-14-2-5-23(6-3-14)17-9-13-10-24-7-4-15(13)21-22-17/h8-9,11,14H,2-7,10H2,1H3,(H,18,19,20). The lowest BCUT2D eigenvalue weighted by Crippen LogP contribution is -2.40. The molecule has 1 fully saturated rings. The summed E-state index contributed by atoms with van der Waals surface area (Å²) in [6, 6.07) is 4.56. The van der Waals surface area contributed by atoms with Gasteiger partial charge in [0.05, 0.1) is 18.9 Å². The smallest absolute Gasteiger partial charge is 0.151 e. The molecule has 7 nitrogen and oxygen atoms in total. The maximum Gasteiger partial charge on any atom is 0.151 e. The highest BCUT2D eigenvalue weighted by molar-refractivity contribution is 5.43. The van der Waals surface area contributed by atoms with Gasteiger partial charge in [0.15, 0.2) is 5.82 Å². The summed E-state index contributed by atoms with van der Waals surface area (Å²) in [5.74, 6) is 1.88. The highest BCUT2D eigenvalue weighted by Gasteiger charge is 2.22. The van der Waals surface area contributed by atoms with Crippen LogP contribution in [0.2, 0.25) is 0 Å². The molecule has 2 aromatic heterocycles. The summed E-state index contributed by atoms with van der Waals surface area (Å²) in [6.45, 7) is 5.32. The van der Waals surface area contributed by atoms with Crippen LogP contribution in [-0.2, 0) is 17.8 Å². The van der Waals surface area contributed by atoms with Gasteiger partial charge in [0.1, 0.15) is 12.1 Å². The highest BCUT2D eigenvalue weighted by Crippen LogP contribution is 2.23. The topological polar surface area (TPSA) is 76.1 Å². The van der Waals surface area contributed by atoms with Gasteiger partial charge in [0.2, 0.25) is 0 Å². The zero-order chi connectivity index (χ0) is 16.4. The Hall–Kier alpha value is -2.28. The zero-order valence-corrected chi connectivity index (χ0v) is 13.9. The quantitative estimate of drug-likeness (QED) is 0.920. The van der Waals surface area contributed by atoms with Crippen LogP contribution in [0.25, 0.3) is 0 Å². The number of hydrogen-bond donors (Lipinski definition) is 1. The van der Waals surface area contributed by atoms with Crippen LogP contribution in [0.5, 0.6) is 0 Å². The second-order valence-electron chi connectivity index (χ2n) is 6.43. The Morgan fingerprint density at radius 1 is 1.17 bits per heavy atom. The first-order valence-corrected chi connectivity index (χ1v) is 8.51. The average Bonchev–Trinajstić information content (AvgIpc) is 2.62. The van der Waals surface area contributed by atoms with Gasteiger partial charge < -0.3 is 15.0 Å². The molecule has 1 N–H and O–H groups in total. The lowest BCUT2D eigenvalue weighted by molar-refractivity contribution is 0.109. The van der Waals surface area contributed by atoms with Gasteiger partial charge in [-0.15, -0.1) is 5.10 Å². The van der Waals surface area contributed by atoms with E-state index in [1.54, 1.807) is 6.33 Å². The van der Waals surface area contributed by atoms with E-state index in [0.717, 1.165) is 62.0 Å². The van der Waals surface area contributed by atoms with Crippen molar-refractivity contribution in [2.75, 3.05) is 29.9 Å². The summed E-state index contributed by atoms with van der Waals surface area (Å²) in [5.41, 5.74) is 3.25. The minimum absolute atomic E-state index is 0.435. The maximum atomic E-state index is 5.52. The van der Waals surface area contributed by atoms with Crippen LogP contribution in [0.3, 0.4) is 0 Å². The monoisotopic (exact) mass is 326 g/mol. The molecule has 0 spiro atoms. The number of hydrogen-bond acceptors (Lipinski definition) is 7. The van der Waals surface area contributed by atoms with Gasteiger partial charge in [-0.25, -0.2) is 9.97 Å². The van der Waals surface area contributed by atoms with Gasteiger partial charge in [0.25, 0.3) is 0 Å². The fourth-order valence-corrected chi connectivity index (χ4v) is 3.28. The van der Waals surface area contributed by atoms with Crippen LogP contribution in [0, 0.1) is 6.92 Å². The molecular weight excluding hydrogens is 304 g/mol. The van der Waals surface area contributed by atoms with Crippen LogP contribution in [0.1, 0.15) is 29.8 Å². The molecule has 2 aromatic rings. The first-order chi connectivity index (χ1) is 11.8. The van der Waals surface area contributed by atoms with E-state index in [2.05, 4.69) is 36.4 Å². The Bertz CT molecular complexity index is 714. The first kappa shape index (κ1) is 15.3. The van der Waals surface area contributed by atoms with Gasteiger partial charge in [-0.1, -0.05) is 0 Å². The number of aromatic nitrogens is 4. The molecule has 4 heterocycles. The lowest BCUT2D eigenvalue weighted by atomic mass is 10.0. The minimum Gasteiger partial charge on any atom is -0.376 e. The molecule has 0 aliphatic carbocycles. The summed E-state index contributed by atoms with van der Waals surface area (Å²) in [4.78, 5) is 10.7. The Labute approximate surface area is 141 Å². The summed E-state index contributed by atoms with van der Waals surface area (Å²) < 4.78 is 5.52. The third-order valence-electron chi connectivity index (χ3n) is 4.66. The van der Waals surface area contributed by atoms with Gasteiger partial charge in [-0.05, 0) is 25.8 Å². The van der Waals surface area contributed by atoms with Crippen LogP contribution in [0.4, 0.5) is 11.6 Å². The van der Waals surface area contributed by atoms with Crippen LogP contribution >= 0.6 is 0 Å². The highest BCUT2D eigenvalue weighted by atomic mass is 16.5. The molecule has 24 heavy (non-hydrogen) atoms. The van der Waals surface area contributed by atoms with Crippen molar-refractivity contribution in [3.05, 3.63) is 35.4 Å². The normalized spacial score (nSPS) is 18.3. The Morgan fingerprint density at radius 3 is 2.88 bits per heavy atom. The molecule has 0 radical (unpaired) electrons. The zero-order valence-electron chi connectivity index (χ0n) is 13.9. The molecule has 0 aromatic carbocycles. The number of anilines is 2. The molecule has 0 atom stereocenters. The summed E-state index contributed by atoms with van der Waals surface area (Å²) >= 11 is 0. The van der Waals surface area contributed by atoms with E-state index in [-0.39, 0.29) is 0 Å². The number of nitrogens with zero attached hydrogens (tertiary/aromatic N) is 5. The van der Waals surface area contributed by atoms with Crippen LogP contribution < -0.4 is 10.2 Å². The number of ether oxygens (including phenoxy) is 1. The van der Waals surface area contributed by atoms with Gasteiger partial charge >= 0.3 is 0 Å². The number of fused-ring (bicyclic) bond motifs is 1. The Kier molecular flexibility index (Phi) is 4.25. The summed E-state index contributed by atoms with van der Waals surface area (Å²) in [6.07, 6.45) is 4.58. The Balaban J connectivity index is 1.37. The van der Waals surface area contributed by atoms with Gasteiger partial charge in [-0.3, -0.25) is 0 Å². The predicted octanol–water partition coefficient (Wildman–Crippen LogP) is 1.73. The van der Waals surface area contributed by atoms with Crippen molar-refractivity contribution in [1.29, 1.82) is 0 Å². The van der Waals surface area contributed by atoms with E-state index in [1.807, 2.05) is 13.0 Å².